The van der Waals surface area contributed by atoms with Crippen LogP contribution in [0.25, 0.3) is 5.57 Å². The molecule has 0 saturated carbocycles. The Bertz CT molecular complexity index is 751. The molecular weight excluding hydrogens is 334 g/mol. The van der Waals surface area contributed by atoms with Crippen molar-refractivity contribution in [3.8, 4) is 0 Å². The molecule has 1 N–H and O–H groups in total. The number of amides is 1. The molecule has 6 heteroatoms. The number of carbonyl (C=O) groups is 1. The van der Waals surface area contributed by atoms with Gasteiger partial charge in [-0.15, -0.1) is 0 Å². The van der Waals surface area contributed by atoms with Gasteiger partial charge in [-0.3, -0.25) is 4.79 Å². The van der Waals surface area contributed by atoms with Crippen molar-refractivity contribution in [2.24, 2.45) is 0 Å². The van der Waals surface area contributed by atoms with E-state index < -0.39 is 11.8 Å². The van der Waals surface area contributed by atoms with Crippen LogP contribution in [-0.4, -0.2) is 41.8 Å². The fourth-order valence-electron chi connectivity index (χ4n) is 3.22. The third-order valence-electron chi connectivity index (χ3n) is 5.15. The van der Waals surface area contributed by atoms with Gasteiger partial charge < -0.3 is 14.6 Å². The van der Waals surface area contributed by atoms with E-state index in [-0.39, 0.29) is 24.0 Å². The first-order valence-electron chi connectivity index (χ1n) is 8.67. The fourth-order valence-corrected chi connectivity index (χ4v) is 3.22. The van der Waals surface area contributed by atoms with Gasteiger partial charge in [-0.25, -0.2) is 9.90 Å². The van der Waals surface area contributed by atoms with Crippen molar-refractivity contribution in [3.05, 3.63) is 39.6 Å². The first-order valence-corrected chi connectivity index (χ1v) is 8.67. The van der Waals surface area contributed by atoms with Gasteiger partial charge in [-0.2, -0.15) is 0 Å². The summed E-state index contributed by atoms with van der Waals surface area (Å²) >= 11 is 0. The predicted molar refractivity (Wildman–Crippen MR) is 99.4 cm³/mol. The quantitative estimate of drug-likeness (QED) is 0.781. The number of benzene rings is 1. The van der Waals surface area contributed by atoms with Gasteiger partial charge in [0.25, 0.3) is 5.91 Å². The normalized spacial score (nSPS) is 18.0. The van der Waals surface area contributed by atoms with Gasteiger partial charge >= 0.3 is 0 Å². The van der Waals surface area contributed by atoms with E-state index in [1.165, 1.54) is 12.2 Å². The van der Waals surface area contributed by atoms with Gasteiger partial charge in [0.15, 0.2) is 13.1 Å². The summed E-state index contributed by atoms with van der Waals surface area (Å²) in [4.78, 5) is 18.6. The number of aryl methyl sites for hydroxylation is 2. The topological polar surface area (TPSA) is 68.2 Å². The standard InChI is InChI=1S/C20H29NO5/c1-11-9-12(2)16(14(4)13(11)3)17-18(22)20(6,7)21(19(17)23)26-10-25-15(5)24-8/h9,15,22H,10H2,1-8H3. The molecule has 1 atom stereocenters. The SMILES string of the molecule is COC(C)OCON1C(=O)C(c2c(C)cc(C)c(C)c2C)=C(O)C1(C)C. The molecule has 144 valence electrons. The second-order valence-corrected chi connectivity index (χ2v) is 7.23. The first kappa shape index (κ1) is 20.4. The van der Waals surface area contributed by atoms with Crippen LogP contribution >= 0.6 is 0 Å². The minimum atomic E-state index is -0.996. The Morgan fingerprint density at radius 2 is 1.77 bits per heavy atom. The molecule has 1 aromatic rings. The number of aliphatic hydroxyl groups is 1. The van der Waals surface area contributed by atoms with Crippen LogP contribution in [0.5, 0.6) is 0 Å². The highest BCUT2D eigenvalue weighted by atomic mass is 16.8. The third-order valence-corrected chi connectivity index (χ3v) is 5.15. The number of rotatable bonds is 6. The van der Waals surface area contributed by atoms with E-state index in [4.69, 9.17) is 14.3 Å². The molecule has 0 bridgehead atoms. The average molecular weight is 363 g/mol. The van der Waals surface area contributed by atoms with Crippen molar-refractivity contribution in [1.29, 1.82) is 0 Å². The van der Waals surface area contributed by atoms with Crippen molar-refractivity contribution < 1.29 is 24.2 Å². The van der Waals surface area contributed by atoms with E-state index in [1.807, 2.05) is 33.8 Å². The van der Waals surface area contributed by atoms with Gasteiger partial charge in [-0.05, 0) is 76.3 Å². The van der Waals surface area contributed by atoms with Gasteiger partial charge in [0, 0.05) is 7.11 Å². The van der Waals surface area contributed by atoms with Crippen LogP contribution in [0.2, 0.25) is 0 Å². The molecule has 0 aromatic heterocycles. The van der Waals surface area contributed by atoms with Crippen molar-refractivity contribution in [2.45, 2.75) is 60.3 Å². The lowest BCUT2D eigenvalue weighted by Crippen LogP contribution is -2.44. The molecule has 1 amide bonds. The Morgan fingerprint density at radius 3 is 2.35 bits per heavy atom. The van der Waals surface area contributed by atoms with E-state index in [0.717, 1.165) is 27.8 Å². The Hall–Kier alpha value is -1.89. The van der Waals surface area contributed by atoms with E-state index >= 15 is 0 Å². The smallest absolute Gasteiger partial charge is 0.282 e. The molecule has 1 aromatic carbocycles. The highest BCUT2D eigenvalue weighted by molar-refractivity contribution is 6.23. The minimum absolute atomic E-state index is 0.00302. The molecule has 0 aliphatic carbocycles. The highest BCUT2D eigenvalue weighted by Crippen LogP contribution is 2.41. The van der Waals surface area contributed by atoms with E-state index in [0.29, 0.717) is 0 Å². The van der Waals surface area contributed by atoms with Crippen molar-refractivity contribution in [1.82, 2.24) is 5.06 Å². The zero-order valence-electron chi connectivity index (χ0n) is 16.9. The second kappa shape index (κ2) is 7.39. The lowest BCUT2D eigenvalue weighted by molar-refractivity contribution is -0.271. The summed E-state index contributed by atoms with van der Waals surface area (Å²) in [5, 5.41) is 12.0. The third kappa shape index (κ3) is 3.37. The summed E-state index contributed by atoms with van der Waals surface area (Å²) in [5.74, 6) is -0.382. The molecule has 0 radical (unpaired) electrons. The maximum atomic E-state index is 13.1. The monoisotopic (exact) mass is 363 g/mol. The van der Waals surface area contributed by atoms with E-state index in [9.17, 15) is 9.90 Å². The van der Waals surface area contributed by atoms with Gasteiger partial charge in [0.1, 0.15) is 11.3 Å². The lowest BCUT2D eigenvalue weighted by Gasteiger charge is -2.30. The Kier molecular flexibility index (Phi) is 5.80. The van der Waals surface area contributed by atoms with Crippen molar-refractivity contribution in [3.63, 3.8) is 0 Å². The number of hydroxylamine groups is 2. The number of aliphatic hydroxyl groups excluding tert-OH is 1. The molecule has 0 spiro atoms. The van der Waals surface area contributed by atoms with Gasteiger partial charge in [0.2, 0.25) is 0 Å². The number of ether oxygens (including phenoxy) is 2. The number of carbonyl (C=O) groups excluding carboxylic acids is 1. The zero-order chi connectivity index (χ0) is 19.8. The summed E-state index contributed by atoms with van der Waals surface area (Å²) in [5.41, 5.74) is 4.25. The molecule has 6 nitrogen and oxygen atoms in total. The summed E-state index contributed by atoms with van der Waals surface area (Å²) in [6.45, 7) is 13.0. The number of hydrogen-bond donors (Lipinski definition) is 1. The van der Waals surface area contributed by atoms with E-state index in [1.54, 1.807) is 20.8 Å². The molecule has 26 heavy (non-hydrogen) atoms. The molecule has 1 unspecified atom stereocenters. The van der Waals surface area contributed by atoms with Crippen LogP contribution < -0.4 is 0 Å². The van der Waals surface area contributed by atoms with Gasteiger partial charge in [-0.1, -0.05) is 6.07 Å². The largest absolute Gasteiger partial charge is 0.509 e. The highest BCUT2D eigenvalue weighted by Gasteiger charge is 2.48. The summed E-state index contributed by atoms with van der Waals surface area (Å²) in [7, 11) is 1.52. The second-order valence-electron chi connectivity index (χ2n) is 7.23. The molecule has 1 heterocycles. The van der Waals surface area contributed by atoms with Crippen LogP contribution in [0.3, 0.4) is 0 Å². The maximum absolute atomic E-state index is 13.1. The van der Waals surface area contributed by atoms with Crippen LogP contribution in [0.15, 0.2) is 11.8 Å². The average Bonchev–Trinajstić information content (AvgIpc) is 2.73. The van der Waals surface area contributed by atoms with Gasteiger partial charge in [0.05, 0.1) is 5.57 Å². The Labute approximate surface area is 155 Å². The van der Waals surface area contributed by atoms with Crippen molar-refractivity contribution >= 4 is 11.5 Å². The van der Waals surface area contributed by atoms with Crippen molar-refractivity contribution in [2.75, 3.05) is 13.9 Å². The number of hydrogen-bond acceptors (Lipinski definition) is 5. The fraction of sp³-hybridized carbons (Fsp3) is 0.550. The molecule has 1 aliphatic heterocycles. The molecule has 0 saturated heterocycles. The number of nitrogens with zero attached hydrogens (tertiary/aromatic N) is 1. The summed E-state index contributed by atoms with van der Waals surface area (Å²) < 4.78 is 10.3. The molecule has 1 aliphatic rings. The summed E-state index contributed by atoms with van der Waals surface area (Å²) in [6.07, 6.45) is -0.457. The first-order chi connectivity index (χ1) is 12.0. The maximum Gasteiger partial charge on any atom is 0.282 e. The van der Waals surface area contributed by atoms with Crippen LogP contribution in [-0.2, 0) is 19.1 Å². The minimum Gasteiger partial charge on any atom is -0.509 e. The molecular formula is C20H29NO5. The van der Waals surface area contributed by atoms with E-state index in [2.05, 4.69) is 0 Å². The molecule has 2 rings (SSSR count). The zero-order valence-corrected chi connectivity index (χ0v) is 16.9. The Morgan fingerprint density at radius 1 is 1.15 bits per heavy atom. The Balaban J connectivity index is 2.41. The van der Waals surface area contributed by atoms with Crippen LogP contribution in [0.4, 0.5) is 0 Å². The van der Waals surface area contributed by atoms with Crippen LogP contribution in [0.1, 0.15) is 48.6 Å². The summed E-state index contributed by atoms with van der Waals surface area (Å²) in [6, 6.07) is 2.03. The number of methoxy groups -OCH3 is 1. The molecule has 0 fully saturated rings. The lowest BCUT2D eigenvalue weighted by atomic mass is 9.88. The predicted octanol–water partition coefficient (Wildman–Crippen LogP) is 3.71. The van der Waals surface area contributed by atoms with Crippen LogP contribution in [0, 0.1) is 27.7 Å².